The quantitative estimate of drug-likeness (QED) is 0.641. The van der Waals surface area contributed by atoms with Crippen molar-refractivity contribution >= 4 is 5.91 Å². The second-order valence-electron chi connectivity index (χ2n) is 7.30. The van der Waals surface area contributed by atoms with Crippen LogP contribution in [-0.4, -0.2) is 21.9 Å². The Labute approximate surface area is 164 Å². The molecule has 144 valence electrons. The van der Waals surface area contributed by atoms with Gasteiger partial charge in [0, 0.05) is 23.7 Å². The van der Waals surface area contributed by atoms with E-state index in [1.54, 1.807) is 0 Å². The van der Waals surface area contributed by atoms with Crippen LogP contribution in [0.25, 0.3) is 0 Å². The molecule has 0 spiro atoms. The highest BCUT2D eigenvalue weighted by molar-refractivity contribution is 5.94. The van der Waals surface area contributed by atoms with Gasteiger partial charge in [0.2, 0.25) is 0 Å². The van der Waals surface area contributed by atoms with Gasteiger partial charge in [-0.3, -0.25) is 9.48 Å². The summed E-state index contributed by atoms with van der Waals surface area (Å²) in [6.45, 7) is 4.68. The first-order valence-corrected chi connectivity index (χ1v) is 9.55. The Bertz CT molecular complexity index is 966. The molecule has 28 heavy (non-hydrogen) atoms. The van der Waals surface area contributed by atoms with Gasteiger partial charge in [-0.25, -0.2) is 10.9 Å². The molecule has 0 bridgehead atoms. The van der Waals surface area contributed by atoms with E-state index in [4.69, 9.17) is 0 Å². The first kappa shape index (κ1) is 18.4. The van der Waals surface area contributed by atoms with E-state index in [-0.39, 0.29) is 18.1 Å². The lowest BCUT2D eigenvalue weighted by Gasteiger charge is -2.13. The fourth-order valence-corrected chi connectivity index (χ4v) is 3.61. The van der Waals surface area contributed by atoms with Crippen LogP contribution in [0.2, 0.25) is 0 Å². The van der Waals surface area contributed by atoms with E-state index in [9.17, 15) is 4.79 Å². The van der Waals surface area contributed by atoms with Crippen LogP contribution in [0.3, 0.4) is 0 Å². The van der Waals surface area contributed by atoms with Crippen molar-refractivity contribution in [2.45, 2.75) is 39.0 Å². The zero-order chi connectivity index (χ0) is 19.5. The molecular weight excluding hydrogens is 350 g/mol. The number of benzene rings is 2. The molecule has 0 radical (unpaired) electrons. The minimum atomic E-state index is -0.114. The lowest BCUT2D eigenvalue weighted by molar-refractivity contribution is 0.0932. The molecule has 6 nitrogen and oxygen atoms in total. The third-order valence-electron chi connectivity index (χ3n) is 5.04. The molecule has 1 amide bonds. The Morgan fingerprint density at radius 3 is 2.68 bits per heavy atom. The van der Waals surface area contributed by atoms with Crippen LogP contribution in [0.15, 0.2) is 60.7 Å². The van der Waals surface area contributed by atoms with Gasteiger partial charge >= 0.3 is 0 Å². The molecule has 2 unspecified atom stereocenters. The Kier molecular flexibility index (Phi) is 5.23. The zero-order valence-corrected chi connectivity index (χ0v) is 16.1. The molecule has 0 saturated carbocycles. The summed E-state index contributed by atoms with van der Waals surface area (Å²) in [6.07, 6.45) is 0.679. The van der Waals surface area contributed by atoms with Gasteiger partial charge in [-0.05, 0) is 43.2 Å². The number of carbonyl (C=O) groups excluding carboxylic acids is 1. The van der Waals surface area contributed by atoms with Gasteiger partial charge in [0.05, 0.1) is 18.4 Å². The van der Waals surface area contributed by atoms with Crippen LogP contribution >= 0.6 is 0 Å². The molecule has 2 atom stereocenters. The molecule has 4 rings (SSSR count). The topological polar surface area (TPSA) is 71.0 Å². The highest BCUT2D eigenvalue weighted by Gasteiger charge is 2.26. The van der Waals surface area contributed by atoms with Crippen molar-refractivity contribution < 1.29 is 4.79 Å². The Hall–Kier alpha value is -2.96. The smallest absolute Gasteiger partial charge is 0.252 e. The van der Waals surface area contributed by atoms with Crippen molar-refractivity contribution in [2.24, 2.45) is 0 Å². The molecule has 2 heterocycles. The number of carbonyl (C=O) groups is 1. The maximum Gasteiger partial charge on any atom is 0.252 e. The first-order valence-electron chi connectivity index (χ1n) is 9.55. The van der Waals surface area contributed by atoms with Crippen molar-refractivity contribution in [3.63, 3.8) is 0 Å². The van der Waals surface area contributed by atoms with Crippen LogP contribution in [-0.2, 0) is 6.54 Å². The molecule has 6 heteroatoms. The van der Waals surface area contributed by atoms with Gasteiger partial charge in [-0.15, -0.1) is 0 Å². The number of aromatic nitrogens is 2. The van der Waals surface area contributed by atoms with E-state index < -0.39 is 0 Å². The molecule has 1 aliphatic rings. The maximum absolute atomic E-state index is 12.7. The average Bonchev–Trinajstić information content (AvgIpc) is 3.29. The normalized spacial score (nSPS) is 18.9. The molecule has 2 aromatic carbocycles. The maximum atomic E-state index is 12.7. The van der Waals surface area contributed by atoms with Crippen LogP contribution in [0, 0.1) is 13.8 Å². The van der Waals surface area contributed by atoms with Crippen molar-refractivity contribution in [3.05, 3.63) is 88.7 Å². The van der Waals surface area contributed by atoms with Gasteiger partial charge in [0.1, 0.15) is 0 Å². The highest BCUT2D eigenvalue weighted by atomic mass is 16.1. The van der Waals surface area contributed by atoms with Crippen molar-refractivity contribution in [3.8, 4) is 0 Å². The molecule has 1 aliphatic heterocycles. The molecule has 3 N–H and O–H groups in total. The van der Waals surface area contributed by atoms with Gasteiger partial charge in [0.15, 0.2) is 0 Å². The number of hydrazine groups is 1. The first-order chi connectivity index (χ1) is 13.6. The largest absolute Gasteiger partial charge is 0.335 e. The second kappa shape index (κ2) is 7.96. The Balaban J connectivity index is 1.39. The monoisotopic (exact) mass is 375 g/mol. The Morgan fingerprint density at radius 2 is 1.93 bits per heavy atom. The molecule has 0 aliphatic carbocycles. The molecule has 1 saturated heterocycles. The highest BCUT2D eigenvalue weighted by Crippen LogP contribution is 2.21. The third-order valence-corrected chi connectivity index (χ3v) is 5.04. The Morgan fingerprint density at radius 1 is 1.11 bits per heavy atom. The number of nitrogens with one attached hydrogen (secondary N) is 3. The van der Waals surface area contributed by atoms with Gasteiger partial charge in [-0.2, -0.15) is 5.10 Å². The number of nitrogens with zero attached hydrogens (tertiary/aromatic N) is 2. The van der Waals surface area contributed by atoms with E-state index in [1.165, 1.54) is 5.56 Å². The van der Waals surface area contributed by atoms with Gasteiger partial charge in [0.25, 0.3) is 5.91 Å². The number of aryl methyl sites for hydroxylation is 2. The van der Waals surface area contributed by atoms with Gasteiger partial charge < -0.3 is 5.32 Å². The van der Waals surface area contributed by atoms with E-state index >= 15 is 0 Å². The molecule has 3 aromatic rings. The van der Waals surface area contributed by atoms with E-state index in [0.717, 1.165) is 23.4 Å². The number of hydrogen-bond donors (Lipinski definition) is 3. The van der Waals surface area contributed by atoms with E-state index in [1.807, 2.05) is 61.0 Å². The standard InChI is InChI=1S/C22H25N5O/c1-15-11-16(2)27(26-15)14-17-7-6-10-19(12-17)22(28)23-21-13-20(24-25-21)18-8-4-3-5-9-18/h3-12,20-21,24-25H,13-14H2,1-2H3,(H,23,28). The molecular formula is C22H25N5O. The fourth-order valence-electron chi connectivity index (χ4n) is 3.61. The molecule has 1 fully saturated rings. The average molecular weight is 375 g/mol. The van der Waals surface area contributed by atoms with Crippen LogP contribution < -0.4 is 16.2 Å². The summed E-state index contributed by atoms with van der Waals surface area (Å²) in [4.78, 5) is 12.7. The van der Waals surface area contributed by atoms with E-state index in [0.29, 0.717) is 12.1 Å². The summed E-state index contributed by atoms with van der Waals surface area (Å²) in [5.74, 6) is -0.0803. The summed E-state index contributed by atoms with van der Waals surface area (Å²) < 4.78 is 1.96. The van der Waals surface area contributed by atoms with E-state index in [2.05, 4.69) is 39.5 Å². The zero-order valence-electron chi connectivity index (χ0n) is 16.1. The lowest BCUT2D eigenvalue weighted by atomic mass is 10.0. The van der Waals surface area contributed by atoms with Crippen molar-refractivity contribution in [1.82, 2.24) is 25.9 Å². The summed E-state index contributed by atoms with van der Waals surface area (Å²) in [5.41, 5.74) is 11.5. The van der Waals surface area contributed by atoms with Crippen molar-refractivity contribution in [2.75, 3.05) is 0 Å². The predicted molar refractivity (Wildman–Crippen MR) is 109 cm³/mol. The summed E-state index contributed by atoms with van der Waals surface area (Å²) in [6, 6.07) is 20.2. The minimum Gasteiger partial charge on any atom is -0.335 e. The van der Waals surface area contributed by atoms with Crippen molar-refractivity contribution in [1.29, 1.82) is 0 Å². The molecule has 1 aromatic heterocycles. The number of amides is 1. The van der Waals surface area contributed by atoms with Crippen LogP contribution in [0.4, 0.5) is 0 Å². The SMILES string of the molecule is Cc1cc(C)n(Cc2cccc(C(=O)NC3CC(c4ccccc4)NN3)c2)n1. The lowest BCUT2D eigenvalue weighted by Crippen LogP contribution is -2.44. The predicted octanol–water partition coefficient (Wildman–Crippen LogP) is 2.84. The number of rotatable bonds is 5. The second-order valence-corrected chi connectivity index (χ2v) is 7.30. The number of hydrogen-bond acceptors (Lipinski definition) is 4. The van der Waals surface area contributed by atoms with Gasteiger partial charge in [-0.1, -0.05) is 42.5 Å². The fraction of sp³-hybridized carbons (Fsp3) is 0.273. The third kappa shape index (κ3) is 4.13. The summed E-state index contributed by atoms with van der Waals surface area (Å²) in [7, 11) is 0. The minimum absolute atomic E-state index is 0.0803. The summed E-state index contributed by atoms with van der Waals surface area (Å²) in [5, 5.41) is 7.56. The van der Waals surface area contributed by atoms with Crippen LogP contribution in [0.5, 0.6) is 0 Å². The van der Waals surface area contributed by atoms with Crippen LogP contribution in [0.1, 0.15) is 45.3 Å². The summed E-state index contributed by atoms with van der Waals surface area (Å²) >= 11 is 0.